The average molecular weight is 356 g/mol. The molecule has 25 heavy (non-hydrogen) atoms. The summed E-state index contributed by atoms with van der Waals surface area (Å²) in [7, 11) is 0. The van der Waals surface area contributed by atoms with Crippen molar-refractivity contribution in [3.8, 4) is 11.3 Å². The number of hydrogen-bond acceptors (Lipinski definition) is 4. The highest BCUT2D eigenvalue weighted by Gasteiger charge is 2.35. The Bertz CT molecular complexity index is 981. The molecule has 4 nitrogen and oxygen atoms in total. The summed E-state index contributed by atoms with van der Waals surface area (Å²) in [5.41, 5.74) is 1.04. The lowest BCUT2D eigenvalue weighted by Crippen LogP contribution is -2.29. The van der Waals surface area contributed by atoms with Crippen LogP contribution in [0.4, 0.5) is 8.78 Å². The van der Waals surface area contributed by atoms with Gasteiger partial charge in [0.25, 0.3) is 11.8 Å². The Morgan fingerprint density at radius 1 is 0.960 bits per heavy atom. The predicted octanol–water partition coefficient (Wildman–Crippen LogP) is 3.88. The highest BCUT2D eigenvalue weighted by molar-refractivity contribution is 7.09. The van der Waals surface area contributed by atoms with Crippen molar-refractivity contribution in [2.45, 2.75) is 6.54 Å². The molecule has 3 aromatic rings. The molecule has 0 saturated carbocycles. The second kappa shape index (κ2) is 5.86. The maximum absolute atomic E-state index is 13.9. The Morgan fingerprint density at radius 2 is 1.64 bits per heavy atom. The molecule has 1 aliphatic rings. The van der Waals surface area contributed by atoms with Gasteiger partial charge >= 0.3 is 0 Å². The van der Waals surface area contributed by atoms with Crippen LogP contribution in [0.25, 0.3) is 11.3 Å². The summed E-state index contributed by atoms with van der Waals surface area (Å²) in [6.45, 7) is -0.00600. The van der Waals surface area contributed by atoms with Crippen LogP contribution < -0.4 is 0 Å². The Hall–Kier alpha value is -2.93. The number of thiazole rings is 1. The number of imide groups is 1. The van der Waals surface area contributed by atoms with Gasteiger partial charge in [0.2, 0.25) is 0 Å². The Morgan fingerprint density at radius 3 is 2.32 bits per heavy atom. The van der Waals surface area contributed by atoms with E-state index in [-0.39, 0.29) is 29.6 Å². The minimum atomic E-state index is -0.584. The van der Waals surface area contributed by atoms with Crippen molar-refractivity contribution in [3.63, 3.8) is 0 Å². The van der Waals surface area contributed by atoms with Crippen LogP contribution in [-0.4, -0.2) is 21.7 Å². The zero-order valence-electron chi connectivity index (χ0n) is 12.7. The number of aromatic nitrogens is 1. The Kier molecular flexibility index (Phi) is 3.65. The molecular formula is C18H10F2N2O2S. The van der Waals surface area contributed by atoms with Gasteiger partial charge < -0.3 is 0 Å². The molecule has 2 amide bonds. The van der Waals surface area contributed by atoms with Crippen LogP contribution in [0.1, 0.15) is 25.7 Å². The first-order valence-corrected chi connectivity index (χ1v) is 8.27. The molecule has 0 atom stereocenters. The van der Waals surface area contributed by atoms with Gasteiger partial charge in [-0.25, -0.2) is 13.8 Å². The van der Waals surface area contributed by atoms with Crippen LogP contribution in [0.3, 0.4) is 0 Å². The third-order valence-corrected chi connectivity index (χ3v) is 4.76. The number of rotatable bonds is 3. The molecule has 0 unspecified atom stereocenters. The summed E-state index contributed by atoms with van der Waals surface area (Å²) in [4.78, 5) is 30.1. The summed E-state index contributed by atoms with van der Waals surface area (Å²) in [5, 5.41) is 2.04. The average Bonchev–Trinajstić information content (AvgIpc) is 3.17. The number of carbonyl (C=O) groups is 2. The van der Waals surface area contributed by atoms with Gasteiger partial charge in [0.05, 0.1) is 23.4 Å². The van der Waals surface area contributed by atoms with E-state index in [4.69, 9.17) is 0 Å². The molecular weight excluding hydrogens is 346 g/mol. The zero-order chi connectivity index (χ0) is 17.6. The lowest BCUT2D eigenvalue weighted by atomic mass is 10.1. The maximum Gasteiger partial charge on any atom is 0.261 e. The highest BCUT2D eigenvalue weighted by atomic mass is 32.1. The monoisotopic (exact) mass is 356 g/mol. The maximum atomic E-state index is 13.9. The van der Waals surface area contributed by atoms with E-state index < -0.39 is 11.6 Å². The van der Waals surface area contributed by atoms with E-state index in [1.165, 1.54) is 11.3 Å². The minimum absolute atomic E-state index is 0.00600. The van der Waals surface area contributed by atoms with E-state index in [1.54, 1.807) is 29.6 Å². The van der Waals surface area contributed by atoms with Crippen LogP contribution in [0.2, 0.25) is 0 Å². The SMILES string of the molecule is O=C1c2ccccc2C(=O)N1Cc1nc(-c2cc(F)ccc2F)cs1. The smallest absolute Gasteiger partial charge is 0.261 e. The fourth-order valence-electron chi connectivity index (χ4n) is 2.72. The molecule has 1 aromatic heterocycles. The number of nitrogens with zero attached hydrogens (tertiary/aromatic N) is 2. The number of carbonyl (C=O) groups excluding carboxylic acids is 2. The molecule has 0 bridgehead atoms. The second-order valence-electron chi connectivity index (χ2n) is 5.49. The molecule has 0 radical (unpaired) electrons. The van der Waals surface area contributed by atoms with Gasteiger partial charge in [-0.2, -0.15) is 0 Å². The van der Waals surface area contributed by atoms with E-state index >= 15 is 0 Å². The molecule has 0 spiro atoms. The molecule has 2 aromatic carbocycles. The lowest BCUT2D eigenvalue weighted by molar-refractivity contribution is 0.0642. The van der Waals surface area contributed by atoms with Gasteiger partial charge in [-0.05, 0) is 30.3 Å². The zero-order valence-corrected chi connectivity index (χ0v) is 13.5. The third-order valence-electron chi connectivity index (χ3n) is 3.93. The lowest BCUT2D eigenvalue weighted by Gasteiger charge is -2.11. The summed E-state index contributed by atoms with van der Waals surface area (Å²) in [5.74, 6) is -1.91. The largest absolute Gasteiger partial charge is 0.269 e. The van der Waals surface area contributed by atoms with Gasteiger partial charge in [0, 0.05) is 10.9 Å². The summed E-state index contributed by atoms with van der Waals surface area (Å²) in [6.07, 6.45) is 0. The van der Waals surface area contributed by atoms with Gasteiger partial charge in [-0.15, -0.1) is 11.3 Å². The Balaban J connectivity index is 1.61. The van der Waals surface area contributed by atoms with Crippen LogP contribution in [0.5, 0.6) is 0 Å². The quantitative estimate of drug-likeness (QED) is 0.669. The van der Waals surface area contributed by atoms with Gasteiger partial charge in [0.15, 0.2) is 0 Å². The van der Waals surface area contributed by atoms with Crippen LogP contribution in [0, 0.1) is 11.6 Å². The van der Waals surface area contributed by atoms with Crippen LogP contribution >= 0.6 is 11.3 Å². The molecule has 1 aliphatic heterocycles. The van der Waals surface area contributed by atoms with Crippen molar-refractivity contribution in [2.75, 3.05) is 0 Å². The summed E-state index contributed by atoms with van der Waals surface area (Å²) >= 11 is 1.18. The number of benzene rings is 2. The first kappa shape index (κ1) is 15.6. The minimum Gasteiger partial charge on any atom is -0.269 e. The number of amides is 2. The molecule has 0 aliphatic carbocycles. The van der Waals surface area contributed by atoms with Crippen LogP contribution in [0.15, 0.2) is 47.8 Å². The normalized spacial score (nSPS) is 13.4. The fraction of sp³-hybridized carbons (Fsp3) is 0.0556. The van der Waals surface area contributed by atoms with Gasteiger partial charge in [-0.1, -0.05) is 12.1 Å². The second-order valence-corrected chi connectivity index (χ2v) is 6.44. The fourth-order valence-corrected chi connectivity index (χ4v) is 3.50. The Labute approximate surface area is 145 Å². The molecule has 4 rings (SSSR count). The standard InChI is InChI=1S/C18H10F2N2O2S/c19-10-5-6-14(20)13(7-10)15-9-25-16(21-15)8-22-17(23)11-3-1-2-4-12(11)18(22)24/h1-7,9H,8H2. The molecule has 7 heteroatoms. The highest BCUT2D eigenvalue weighted by Crippen LogP contribution is 2.28. The number of hydrogen-bond donors (Lipinski definition) is 0. The molecule has 124 valence electrons. The van der Waals surface area contributed by atoms with Crippen LogP contribution in [-0.2, 0) is 6.54 Å². The number of halogens is 2. The van der Waals surface area contributed by atoms with Crippen molar-refractivity contribution in [3.05, 3.63) is 75.6 Å². The van der Waals surface area contributed by atoms with E-state index in [2.05, 4.69) is 4.98 Å². The third kappa shape index (κ3) is 2.62. The predicted molar refractivity (Wildman–Crippen MR) is 88.1 cm³/mol. The number of fused-ring (bicyclic) bond motifs is 1. The molecule has 0 N–H and O–H groups in total. The van der Waals surface area contributed by atoms with Crippen molar-refractivity contribution < 1.29 is 18.4 Å². The van der Waals surface area contributed by atoms with E-state index in [9.17, 15) is 18.4 Å². The van der Waals surface area contributed by atoms with E-state index in [0.29, 0.717) is 16.1 Å². The summed E-state index contributed by atoms with van der Waals surface area (Å²) in [6, 6.07) is 9.73. The van der Waals surface area contributed by atoms with E-state index in [1.807, 2.05) is 0 Å². The molecule has 0 fully saturated rings. The molecule has 2 heterocycles. The van der Waals surface area contributed by atoms with Crippen molar-refractivity contribution in [1.82, 2.24) is 9.88 Å². The topological polar surface area (TPSA) is 50.3 Å². The first-order valence-electron chi connectivity index (χ1n) is 7.39. The van der Waals surface area contributed by atoms with Gasteiger partial charge in [0.1, 0.15) is 16.6 Å². The van der Waals surface area contributed by atoms with E-state index in [0.717, 1.165) is 23.1 Å². The first-order chi connectivity index (χ1) is 12.0. The van der Waals surface area contributed by atoms with Crippen molar-refractivity contribution in [2.24, 2.45) is 0 Å². The van der Waals surface area contributed by atoms with Crippen molar-refractivity contribution in [1.29, 1.82) is 0 Å². The molecule has 0 saturated heterocycles. The summed E-state index contributed by atoms with van der Waals surface area (Å²) < 4.78 is 27.2. The van der Waals surface area contributed by atoms with Crippen molar-refractivity contribution >= 4 is 23.2 Å². The van der Waals surface area contributed by atoms with Gasteiger partial charge in [-0.3, -0.25) is 14.5 Å².